The molecule has 7 fully saturated rings. The van der Waals surface area contributed by atoms with Crippen LogP contribution in [0.4, 0.5) is 0 Å². The van der Waals surface area contributed by atoms with Crippen LogP contribution in [-0.2, 0) is 104 Å². The molecule has 8 N–H and O–H groups in total. The average Bonchev–Trinajstić information content (AvgIpc) is 1.19. The van der Waals surface area contributed by atoms with E-state index in [2.05, 4.69) is 22.6 Å². The van der Waals surface area contributed by atoms with Crippen LogP contribution in [0.2, 0.25) is 78.6 Å². The number of carboxylic acid groups (broad SMARTS) is 3. The van der Waals surface area contributed by atoms with E-state index in [1.165, 1.54) is 68.7 Å². The van der Waals surface area contributed by atoms with Crippen LogP contribution in [0.15, 0.2) is 78.9 Å². The second kappa shape index (κ2) is 45.3. The average molecular weight is 2110 g/mol. The maximum Gasteiger partial charge on any atom is 0.352 e. The summed E-state index contributed by atoms with van der Waals surface area (Å²) >= 11 is 13.5. The van der Waals surface area contributed by atoms with Gasteiger partial charge in [0, 0.05) is 69.7 Å². The third kappa shape index (κ3) is 24.9. The van der Waals surface area contributed by atoms with Crippen LogP contribution in [0.5, 0.6) is 0 Å². The fourth-order valence-electron chi connectivity index (χ4n) is 14.7. The number of aliphatic carboxylic acids is 3. The van der Waals surface area contributed by atoms with Crippen molar-refractivity contribution in [1.82, 2.24) is 34.3 Å². The first kappa shape index (κ1) is 111. The molecule has 35 nitrogen and oxygen atoms in total. The maximum atomic E-state index is 12.5. The highest BCUT2D eigenvalue weighted by Crippen LogP contribution is 2.50. The number of rotatable bonds is 20. The van der Waals surface area contributed by atoms with Crippen LogP contribution >= 0.6 is 105 Å². The number of hydrogen-bond acceptors (Lipinski definition) is 33. The van der Waals surface area contributed by atoms with Gasteiger partial charge in [-0.25, -0.2) is 28.8 Å². The Kier molecular flexibility index (Phi) is 39.1. The van der Waals surface area contributed by atoms with Crippen molar-refractivity contribution >= 4 is 233 Å². The van der Waals surface area contributed by atoms with Crippen LogP contribution in [-0.4, -0.2) is 287 Å². The molecule has 0 aromatic rings. The van der Waals surface area contributed by atoms with Crippen LogP contribution < -0.4 is 22.3 Å². The smallest absolute Gasteiger partial charge is 0.352 e. The Labute approximate surface area is 802 Å². The SMILES string of the molecule is C.C.CC(=O)OCC1=C(C(=O)O)N2C(=O)C(N)C2SC1.CC(=O)OCC1=C(C(=O)O[Si](C)(C)C)N2C(=O)C(C)C2SC1.CC1C(=O)N2C(C(=O)O[Si](C)(C)C)=C(CI)CSC12.CCC1=C(C(=O)O)N2C(=O)C(N)C2SC1.CCC1=C(C(=O)O[Si](C)(C)C)N2C(=O)C(C)C2SC1.CCC1=C(C(=O)O[Si](C)(C)C)N2C(=O)C(C)C2SC1.CCC1=C(C(=O)[O-])N2C(=O)C(N)C2SC1. The summed E-state index contributed by atoms with van der Waals surface area (Å²) in [6.07, 6.45) is 2.84. The predicted octanol–water partition coefficient (Wildman–Crippen LogP) is 8.52. The first-order valence-electron chi connectivity index (χ1n) is 41.4. The molecular weight excluding hydrogens is 1990 g/mol. The number of β-lactam (4-membered cyclic amide) rings is 7. The molecular formula is C82H124IN10O25S7Si4-. The minimum Gasteiger partial charge on any atom is -0.543 e. The lowest BCUT2D eigenvalue weighted by atomic mass is 9.97. The normalized spacial score (nSPS) is 26.8. The summed E-state index contributed by atoms with van der Waals surface area (Å²) in [6.45, 7) is 41.4. The maximum absolute atomic E-state index is 12.5. The highest BCUT2D eigenvalue weighted by atomic mass is 127. The molecule has 7 amide bonds. The minimum atomic E-state index is -2.08. The number of alkyl halides is 1. The third-order valence-electron chi connectivity index (χ3n) is 21.3. The Hall–Kier alpha value is -6.37. The summed E-state index contributed by atoms with van der Waals surface area (Å²) in [5.74, 6) is -2.18. The minimum absolute atomic E-state index is 0. The van der Waals surface area contributed by atoms with Crippen molar-refractivity contribution in [3.8, 4) is 0 Å². The van der Waals surface area contributed by atoms with Gasteiger partial charge in [0.1, 0.15) is 81.6 Å². The van der Waals surface area contributed by atoms with Crippen molar-refractivity contribution in [1.29, 1.82) is 0 Å². The zero-order valence-electron chi connectivity index (χ0n) is 75.4. The number of halogens is 1. The van der Waals surface area contributed by atoms with E-state index in [4.69, 9.17) is 54.6 Å². The van der Waals surface area contributed by atoms with Gasteiger partial charge < -0.3 is 64.5 Å². The fraction of sp³-hybridized carbons (Fsp3) is 0.634. The van der Waals surface area contributed by atoms with Crippen molar-refractivity contribution in [3.63, 3.8) is 0 Å². The Bertz CT molecular complexity index is 4470. The summed E-state index contributed by atoms with van der Waals surface area (Å²) in [5.41, 5.74) is 24.4. The number of nitrogens with zero attached hydrogens (tertiary/aromatic N) is 7. The highest BCUT2D eigenvalue weighted by Gasteiger charge is 2.58. The van der Waals surface area contributed by atoms with Gasteiger partial charge in [-0.15, -0.1) is 82.3 Å². The summed E-state index contributed by atoms with van der Waals surface area (Å²) in [6, 6.07) is -1.76. The number of hydrogen-bond donors (Lipinski definition) is 5. The van der Waals surface area contributed by atoms with Gasteiger partial charge in [0.05, 0.1) is 56.8 Å². The number of fused-ring (bicyclic) bond motifs is 7. The topological polar surface area (TPSA) is 493 Å². The summed E-state index contributed by atoms with van der Waals surface area (Å²) < 4.78 is 32.9. The molecule has 0 aliphatic carbocycles. The van der Waals surface area contributed by atoms with Crippen LogP contribution in [0, 0.1) is 23.7 Å². The van der Waals surface area contributed by atoms with Gasteiger partial charge in [0.25, 0.3) is 0 Å². The number of nitrogens with two attached hydrogens (primary N) is 3. The Balaban J connectivity index is 0.000000232. The second-order valence-electron chi connectivity index (χ2n) is 35.3. The lowest BCUT2D eigenvalue weighted by molar-refractivity contribution is -0.301. The predicted molar refractivity (Wildman–Crippen MR) is 516 cm³/mol. The van der Waals surface area contributed by atoms with Gasteiger partial charge in [0.15, 0.2) is 0 Å². The number of carbonyl (C=O) groups is 16. The number of carbonyl (C=O) groups excluding carboxylic acids is 14. The van der Waals surface area contributed by atoms with Crippen molar-refractivity contribution in [2.45, 2.75) is 244 Å². The molecule has 0 saturated carbocycles. The molecule has 14 aliphatic rings. The van der Waals surface area contributed by atoms with E-state index in [1.54, 1.807) is 61.7 Å². The quantitative estimate of drug-likeness (QED) is 0.0250. The molecule has 14 unspecified atom stereocenters. The molecule has 14 rings (SSSR count). The van der Waals surface area contributed by atoms with Crippen LogP contribution in [0.25, 0.3) is 0 Å². The van der Waals surface area contributed by atoms with Crippen molar-refractivity contribution < 1.29 is 119 Å². The first-order chi connectivity index (χ1) is 59.0. The summed E-state index contributed by atoms with van der Waals surface area (Å²) in [7, 11) is -7.91. The molecule has 129 heavy (non-hydrogen) atoms. The van der Waals surface area contributed by atoms with Crippen molar-refractivity contribution in [3.05, 3.63) is 78.9 Å². The van der Waals surface area contributed by atoms with E-state index in [-0.39, 0.29) is 165 Å². The van der Waals surface area contributed by atoms with Gasteiger partial charge in [-0.2, -0.15) is 0 Å². The number of carboxylic acids is 3. The number of thioether (sulfide) groups is 7. The highest BCUT2D eigenvalue weighted by molar-refractivity contribution is 14.1. The molecule has 47 heteroatoms. The van der Waals surface area contributed by atoms with Gasteiger partial charge in [0.2, 0.25) is 74.6 Å². The van der Waals surface area contributed by atoms with Gasteiger partial charge in [-0.05, 0) is 132 Å². The molecule has 718 valence electrons. The molecule has 14 atom stereocenters. The summed E-state index contributed by atoms with van der Waals surface area (Å²) in [5, 5.41) is 28.8. The zero-order chi connectivity index (χ0) is 95.5. The van der Waals surface area contributed by atoms with Gasteiger partial charge in [-0.1, -0.05) is 92.8 Å². The molecule has 0 aromatic heterocycles. The first-order valence-corrected chi connectivity index (χ1v) is 63.9. The van der Waals surface area contributed by atoms with E-state index >= 15 is 0 Å². The summed E-state index contributed by atoms with van der Waals surface area (Å²) in [4.78, 5) is 198. The molecule has 14 heterocycles. The van der Waals surface area contributed by atoms with E-state index in [0.717, 1.165) is 62.4 Å². The molecule has 0 spiro atoms. The van der Waals surface area contributed by atoms with Crippen molar-refractivity contribution in [2.75, 3.05) is 57.9 Å². The van der Waals surface area contributed by atoms with E-state index in [0.29, 0.717) is 64.1 Å². The Morgan fingerprint density at radius 1 is 0.349 bits per heavy atom. The third-order valence-corrected chi connectivity index (χ3v) is 35.4. The van der Waals surface area contributed by atoms with E-state index in [9.17, 15) is 81.8 Å². The molecule has 7 saturated heterocycles. The van der Waals surface area contributed by atoms with Crippen molar-refractivity contribution in [2.24, 2.45) is 40.9 Å². The zero-order valence-corrected chi connectivity index (χ0v) is 87.2. The van der Waals surface area contributed by atoms with E-state index < -0.39 is 93.1 Å². The monoisotopic (exact) mass is 2110 g/mol. The van der Waals surface area contributed by atoms with E-state index in [1.807, 2.05) is 134 Å². The van der Waals surface area contributed by atoms with Crippen LogP contribution in [0.1, 0.15) is 110 Å². The van der Waals surface area contributed by atoms with Gasteiger partial charge >= 0.3 is 47.8 Å². The molecule has 14 aliphatic heterocycles. The lowest BCUT2D eigenvalue weighted by Gasteiger charge is -2.49. The standard InChI is InChI=1S/C14H21NO5SSi.2C13H21NO3SSi.C12H18INO3SSi.C10H12N2O5S.2C9H12N2O3S.2CH4/c1-8-12(17)15-11(14(18)20-22(3,4)5)10(6-19-9(2)16)7-21-13(8)15;2*1-6-9-7-18-12-8(2)11(15)14(12)10(9)13(16)17-19(3,4)5;1-7-10(15)14-9(12(16)17-19(2,3)4)8(5-13)6-18-11(7)14;1-4(13)17-2-5-3-18-9-6(11)8(14)12(9)7(5)10(15)16;2*1-2-4-3-15-8-5(10)7(12)11(8)6(4)9(13)14;;/h8,13H,6-7H2,1-5H3;2*8,12H,6-7H2,1-5H3;7,11H,5-6H2,1-4H3;6,9H,2-3,11H2,1H3,(H,15,16);2*5,8H,2-3,10H2,1H3,(H,13,14);2*1H4/p-1. The number of amides is 7. The fourth-order valence-corrected chi connectivity index (χ4v) is 28.1. The lowest BCUT2D eigenvalue weighted by Crippen LogP contribution is -2.69. The largest absolute Gasteiger partial charge is 0.543 e. The molecule has 0 bridgehead atoms. The Morgan fingerprint density at radius 3 is 0.775 bits per heavy atom. The van der Waals surface area contributed by atoms with Crippen LogP contribution in [0.3, 0.4) is 0 Å². The molecule has 0 aromatic carbocycles. The Morgan fingerprint density at radius 2 is 0.543 bits per heavy atom. The van der Waals surface area contributed by atoms with Gasteiger partial charge in [-0.3, -0.25) is 77.5 Å². The second-order valence-corrected chi connectivity index (χ2v) is 61.5. The number of esters is 2. The number of ether oxygens (including phenoxy) is 2. The molecule has 0 radical (unpaired) electrons.